The topological polar surface area (TPSA) is 76.8 Å². The number of carbonyl (C=O) groups excluding carboxylic acids is 1. The fourth-order valence-corrected chi connectivity index (χ4v) is 2.88. The summed E-state index contributed by atoms with van der Waals surface area (Å²) in [5, 5.41) is 0. The van der Waals surface area contributed by atoms with Crippen molar-refractivity contribution >= 4 is 5.91 Å². The molecule has 2 fully saturated rings. The van der Waals surface area contributed by atoms with Crippen molar-refractivity contribution in [3.05, 3.63) is 0 Å². The molecule has 0 bridgehead atoms. The number of hydrogen-bond donors (Lipinski definition) is 2. The van der Waals surface area contributed by atoms with Crippen molar-refractivity contribution in [1.82, 2.24) is 10.3 Å². The van der Waals surface area contributed by atoms with Crippen LogP contribution in [0.1, 0.15) is 26.2 Å². The summed E-state index contributed by atoms with van der Waals surface area (Å²) in [7, 11) is 2.09. The van der Waals surface area contributed by atoms with E-state index in [0.717, 1.165) is 32.4 Å². The number of likely N-dealkylation sites (N-methyl/N-ethyl adjacent to an activating group) is 1. The molecule has 2 aliphatic rings. The van der Waals surface area contributed by atoms with Crippen molar-refractivity contribution in [2.45, 2.75) is 50.5 Å². The minimum atomic E-state index is -0.384. The average Bonchev–Trinajstić information content (AvgIpc) is 2.97. The van der Waals surface area contributed by atoms with Gasteiger partial charge in [-0.15, -0.1) is 0 Å². The summed E-state index contributed by atoms with van der Waals surface area (Å²) in [4.78, 5) is 13.6. The van der Waals surface area contributed by atoms with Gasteiger partial charge in [0.1, 0.15) is 6.10 Å². The first-order valence-electron chi connectivity index (χ1n) is 6.59. The van der Waals surface area contributed by atoms with Gasteiger partial charge >= 0.3 is 0 Å². The third-order valence-corrected chi connectivity index (χ3v) is 3.94. The first-order chi connectivity index (χ1) is 8.61. The van der Waals surface area contributed by atoms with Crippen molar-refractivity contribution in [2.75, 3.05) is 20.2 Å². The molecule has 3 N–H and O–H groups in total. The summed E-state index contributed by atoms with van der Waals surface area (Å²) in [6, 6.07) is 0.455. The predicted molar refractivity (Wildman–Crippen MR) is 66.7 cm³/mol. The van der Waals surface area contributed by atoms with E-state index in [0.29, 0.717) is 6.04 Å². The van der Waals surface area contributed by atoms with Crippen LogP contribution in [0.3, 0.4) is 0 Å². The lowest BCUT2D eigenvalue weighted by Gasteiger charge is -2.28. The molecule has 2 heterocycles. The number of hydrogen-bond acceptors (Lipinski definition) is 5. The van der Waals surface area contributed by atoms with E-state index in [1.54, 1.807) is 0 Å². The van der Waals surface area contributed by atoms with E-state index < -0.39 is 0 Å². The first kappa shape index (κ1) is 13.7. The third kappa shape index (κ3) is 3.00. The smallest absolute Gasteiger partial charge is 0.263 e. The Morgan fingerprint density at radius 1 is 1.44 bits per heavy atom. The van der Waals surface area contributed by atoms with E-state index in [1.165, 1.54) is 0 Å². The number of nitrogens with zero attached hydrogens (tertiary/aromatic N) is 1. The molecule has 18 heavy (non-hydrogen) atoms. The molecule has 2 aliphatic heterocycles. The first-order valence-corrected chi connectivity index (χ1v) is 6.59. The van der Waals surface area contributed by atoms with E-state index in [4.69, 9.17) is 15.3 Å². The summed E-state index contributed by atoms with van der Waals surface area (Å²) in [5.41, 5.74) is 2.15. The zero-order chi connectivity index (χ0) is 13.1. The maximum absolute atomic E-state index is 11.4. The summed E-state index contributed by atoms with van der Waals surface area (Å²) in [5.74, 6) is 4.89. The molecule has 0 radical (unpaired) electrons. The number of hydrazine groups is 1. The molecular weight excluding hydrogens is 234 g/mol. The quantitative estimate of drug-likeness (QED) is 0.408. The molecule has 1 amide bonds. The number of carbonyl (C=O) groups is 1. The van der Waals surface area contributed by atoms with Gasteiger partial charge < -0.3 is 9.47 Å². The lowest BCUT2D eigenvalue weighted by atomic mass is 10.1. The molecule has 4 unspecified atom stereocenters. The van der Waals surface area contributed by atoms with Crippen LogP contribution >= 0.6 is 0 Å². The van der Waals surface area contributed by atoms with Crippen molar-refractivity contribution in [2.24, 2.45) is 5.84 Å². The van der Waals surface area contributed by atoms with Crippen molar-refractivity contribution < 1.29 is 14.3 Å². The minimum Gasteiger partial charge on any atom is -0.377 e. The Balaban J connectivity index is 1.78. The molecule has 6 nitrogen and oxygen atoms in total. The van der Waals surface area contributed by atoms with Gasteiger partial charge in [-0.3, -0.25) is 15.1 Å². The van der Waals surface area contributed by atoms with E-state index in [9.17, 15) is 4.79 Å². The van der Waals surface area contributed by atoms with E-state index >= 15 is 0 Å². The van der Waals surface area contributed by atoms with Gasteiger partial charge in [-0.1, -0.05) is 0 Å². The molecule has 2 rings (SSSR count). The highest BCUT2D eigenvalue weighted by atomic mass is 16.5. The van der Waals surface area contributed by atoms with Gasteiger partial charge in [0.2, 0.25) is 0 Å². The van der Waals surface area contributed by atoms with Crippen LogP contribution < -0.4 is 11.3 Å². The second kappa shape index (κ2) is 5.97. The number of nitrogens with two attached hydrogens (primary N) is 1. The molecular formula is C12H23N3O3. The van der Waals surface area contributed by atoms with Crippen LogP contribution in [-0.4, -0.2) is 55.4 Å². The molecule has 104 valence electrons. The number of ether oxygens (including phenoxy) is 2. The van der Waals surface area contributed by atoms with Crippen LogP contribution in [0.15, 0.2) is 0 Å². The average molecular weight is 257 g/mol. The molecule has 0 aromatic carbocycles. The highest BCUT2D eigenvalue weighted by Crippen LogP contribution is 2.23. The zero-order valence-electron chi connectivity index (χ0n) is 11.1. The normalized spacial score (nSPS) is 36.2. The standard InChI is InChI=1S/C12H23N3O3/c1-8-10(5-6-17-8)15(2)7-9-3-4-11(18-9)12(16)14-13/h8-11H,3-7,13H2,1-2H3,(H,14,16). The van der Waals surface area contributed by atoms with Crippen molar-refractivity contribution in [1.29, 1.82) is 0 Å². The van der Waals surface area contributed by atoms with Crippen LogP contribution in [0.25, 0.3) is 0 Å². The predicted octanol–water partition coefficient (Wildman–Crippen LogP) is -0.367. The van der Waals surface area contributed by atoms with E-state index in [-0.39, 0.29) is 24.2 Å². The van der Waals surface area contributed by atoms with Crippen LogP contribution in [0.4, 0.5) is 0 Å². The van der Waals surface area contributed by atoms with Gasteiger partial charge in [0.05, 0.1) is 12.2 Å². The Morgan fingerprint density at radius 3 is 2.83 bits per heavy atom. The maximum Gasteiger partial charge on any atom is 0.263 e. The largest absolute Gasteiger partial charge is 0.377 e. The molecule has 0 spiro atoms. The van der Waals surface area contributed by atoms with Crippen molar-refractivity contribution in [3.8, 4) is 0 Å². The summed E-state index contributed by atoms with van der Waals surface area (Å²) in [6.07, 6.45) is 2.73. The Bertz CT molecular complexity index is 300. The SMILES string of the molecule is CC1OCCC1N(C)CC1CCC(C(=O)NN)O1. The van der Waals surface area contributed by atoms with Gasteiger partial charge in [0.25, 0.3) is 5.91 Å². The van der Waals surface area contributed by atoms with Gasteiger partial charge in [0.15, 0.2) is 0 Å². The highest BCUT2D eigenvalue weighted by Gasteiger charge is 2.34. The number of amides is 1. The molecule has 0 aliphatic carbocycles. The van der Waals surface area contributed by atoms with Gasteiger partial charge in [-0.2, -0.15) is 0 Å². The molecule has 0 saturated carbocycles. The Labute approximate surface area is 108 Å². The Kier molecular flexibility index (Phi) is 4.55. The molecule has 4 atom stereocenters. The lowest BCUT2D eigenvalue weighted by Crippen LogP contribution is -2.42. The number of nitrogens with one attached hydrogen (secondary N) is 1. The summed E-state index contributed by atoms with van der Waals surface area (Å²) >= 11 is 0. The Morgan fingerprint density at radius 2 is 2.22 bits per heavy atom. The fourth-order valence-electron chi connectivity index (χ4n) is 2.88. The highest BCUT2D eigenvalue weighted by molar-refractivity contribution is 5.80. The summed E-state index contributed by atoms with van der Waals surface area (Å²) < 4.78 is 11.3. The number of rotatable bonds is 4. The molecule has 2 saturated heterocycles. The zero-order valence-corrected chi connectivity index (χ0v) is 11.1. The minimum absolute atomic E-state index is 0.116. The lowest BCUT2D eigenvalue weighted by molar-refractivity contribution is -0.132. The second-order valence-electron chi connectivity index (χ2n) is 5.20. The van der Waals surface area contributed by atoms with Crippen LogP contribution in [0, 0.1) is 0 Å². The third-order valence-electron chi connectivity index (χ3n) is 3.94. The van der Waals surface area contributed by atoms with Crippen LogP contribution in [0.2, 0.25) is 0 Å². The monoisotopic (exact) mass is 257 g/mol. The molecule has 0 aromatic heterocycles. The van der Waals surface area contributed by atoms with Gasteiger partial charge in [0, 0.05) is 19.2 Å². The van der Waals surface area contributed by atoms with E-state index in [2.05, 4.69) is 24.3 Å². The molecule has 0 aromatic rings. The molecule has 6 heteroatoms. The Hall–Kier alpha value is -0.690. The van der Waals surface area contributed by atoms with Gasteiger partial charge in [-0.05, 0) is 33.2 Å². The van der Waals surface area contributed by atoms with Crippen molar-refractivity contribution in [3.63, 3.8) is 0 Å². The second-order valence-corrected chi connectivity index (χ2v) is 5.20. The van der Waals surface area contributed by atoms with Crippen LogP contribution in [0.5, 0.6) is 0 Å². The van der Waals surface area contributed by atoms with Crippen LogP contribution in [-0.2, 0) is 14.3 Å². The maximum atomic E-state index is 11.4. The van der Waals surface area contributed by atoms with Gasteiger partial charge in [-0.25, -0.2) is 5.84 Å². The summed E-state index contributed by atoms with van der Waals surface area (Å²) in [6.45, 7) is 3.78. The fraction of sp³-hybridized carbons (Fsp3) is 0.917. The van der Waals surface area contributed by atoms with E-state index in [1.807, 2.05) is 0 Å².